The van der Waals surface area contributed by atoms with E-state index >= 15 is 0 Å². The van der Waals surface area contributed by atoms with E-state index in [-0.39, 0.29) is 11.8 Å². The molecule has 1 saturated heterocycles. The maximum atomic E-state index is 12.8. The van der Waals surface area contributed by atoms with Crippen LogP contribution in [0.2, 0.25) is 0 Å². The summed E-state index contributed by atoms with van der Waals surface area (Å²) in [5.41, 5.74) is 2.95. The first-order valence-corrected chi connectivity index (χ1v) is 10.8. The molecule has 0 aliphatic carbocycles. The number of anilines is 2. The van der Waals surface area contributed by atoms with Crippen LogP contribution in [0.4, 0.5) is 11.5 Å². The average molecular weight is 417 g/mol. The molecule has 0 bridgehead atoms. The number of piperidine rings is 1. The minimum atomic E-state index is -0.0238. The van der Waals surface area contributed by atoms with Gasteiger partial charge in [-0.1, -0.05) is 42.0 Å². The molecule has 1 amide bonds. The molecule has 6 heteroatoms. The van der Waals surface area contributed by atoms with Crippen LogP contribution in [0.25, 0.3) is 11.4 Å². The molecule has 1 aliphatic rings. The fraction of sp³-hybridized carbons (Fsp3) is 0.320. The number of hydrogen-bond acceptors (Lipinski definition) is 5. The minimum absolute atomic E-state index is 0.0238. The third-order valence-corrected chi connectivity index (χ3v) is 5.59. The Morgan fingerprint density at radius 1 is 1.10 bits per heavy atom. The van der Waals surface area contributed by atoms with Gasteiger partial charge in [-0.2, -0.15) is 0 Å². The summed E-state index contributed by atoms with van der Waals surface area (Å²) < 4.78 is 5.62. The van der Waals surface area contributed by atoms with E-state index in [1.54, 1.807) is 6.20 Å². The molecule has 1 aliphatic heterocycles. The molecule has 2 heterocycles. The zero-order valence-corrected chi connectivity index (χ0v) is 18.0. The summed E-state index contributed by atoms with van der Waals surface area (Å²) in [4.78, 5) is 24.3. The summed E-state index contributed by atoms with van der Waals surface area (Å²) in [7, 11) is 0. The highest BCUT2D eigenvalue weighted by molar-refractivity contribution is 5.94. The van der Waals surface area contributed by atoms with Crippen LogP contribution >= 0.6 is 0 Å². The van der Waals surface area contributed by atoms with Crippen molar-refractivity contribution in [1.82, 2.24) is 9.97 Å². The van der Waals surface area contributed by atoms with E-state index in [4.69, 9.17) is 9.72 Å². The molecule has 3 aromatic rings. The van der Waals surface area contributed by atoms with Gasteiger partial charge >= 0.3 is 0 Å². The quantitative estimate of drug-likeness (QED) is 0.631. The third-order valence-electron chi connectivity index (χ3n) is 5.59. The highest BCUT2D eigenvalue weighted by atomic mass is 16.5. The number of hydrogen-bond donors (Lipinski definition) is 1. The predicted molar refractivity (Wildman–Crippen MR) is 123 cm³/mol. The second-order valence-electron chi connectivity index (χ2n) is 7.78. The Labute approximate surface area is 183 Å². The van der Waals surface area contributed by atoms with Crippen molar-refractivity contribution >= 4 is 17.4 Å². The number of nitrogens with zero attached hydrogens (tertiary/aromatic N) is 3. The van der Waals surface area contributed by atoms with Crippen LogP contribution in [-0.4, -0.2) is 35.6 Å². The molecule has 1 N–H and O–H groups in total. The number of aryl methyl sites for hydroxylation is 1. The standard InChI is InChI=1S/C25H28N4O2/c1-3-31-22-7-5-4-6-21(22)27-25(30)20-13-16-29(17-14-20)23-12-15-26-24(28-23)19-10-8-18(2)9-11-19/h4-12,15,20H,3,13-14,16-17H2,1-2H3,(H,27,30). The molecule has 160 valence electrons. The Kier molecular flexibility index (Phi) is 6.46. The van der Waals surface area contributed by atoms with Crippen molar-refractivity contribution in [3.05, 3.63) is 66.4 Å². The molecular formula is C25H28N4O2. The van der Waals surface area contributed by atoms with Gasteiger partial charge in [-0.15, -0.1) is 0 Å². The second-order valence-corrected chi connectivity index (χ2v) is 7.78. The summed E-state index contributed by atoms with van der Waals surface area (Å²) in [5.74, 6) is 2.37. The van der Waals surface area contributed by atoms with E-state index in [1.165, 1.54) is 5.56 Å². The Morgan fingerprint density at radius 3 is 2.58 bits per heavy atom. The van der Waals surface area contributed by atoms with Crippen LogP contribution in [-0.2, 0) is 4.79 Å². The Bertz CT molecular complexity index is 1030. The Morgan fingerprint density at radius 2 is 1.84 bits per heavy atom. The molecule has 0 saturated carbocycles. The summed E-state index contributed by atoms with van der Waals surface area (Å²) in [5, 5.41) is 3.05. The lowest BCUT2D eigenvalue weighted by Crippen LogP contribution is -2.38. The van der Waals surface area contributed by atoms with Gasteiger partial charge in [0.05, 0.1) is 12.3 Å². The number of aromatic nitrogens is 2. The topological polar surface area (TPSA) is 67.3 Å². The van der Waals surface area contributed by atoms with Gasteiger partial charge in [0.25, 0.3) is 0 Å². The van der Waals surface area contributed by atoms with Crippen molar-refractivity contribution in [3.8, 4) is 17.1 Å². The summed E-state index contributed by atoms with van der Waals surface area (Å²) >= 11 is 0. The molecule has 0 atom stereocenters. The normalized spacial score (nSPS) is 14.3. The molecule has 0 spiro atoms. The largest absolute Gasteiger partial charge is 0.492 e. The van der Waals surface area contributed by atoms with Crippen molar-refractivity contribution < 1.29 is 9.53 Å². The number of nitrogens with one attached hydrogen (secondary N) is 1. The van der Waals surface area contributed by atoms with Gasteiger partial charge < -0.3 is 15.0 Å². The molecule has 0 radical (unpaired) electrons. The van der Waals surface area contributed by atoms with Crippen LogP contribution in [0.5, 0.6) is 5.75 Å². The minimum Gasteiger partial charge on any atom is -0.492 e. The average Bonchev–Trinajstić information content (AvgIpc) is 2.81. The van der Waals surface area contributed by atoms with Gasteiger partial charge in [0.15, 0.2) is 5.82 Å². The van der Waals surface area contributed by atoms with Crippen LogP contribution in [0.1, 0.15) is 25.3 Å². The first-order valence-electron chi connectivity index (χ1n) is 10.8. The van der Waals surface area contributed by atoms with Crippen LogP contribution in [0.3, 0.4) is 0 Å². The van der Waals surface area contributed by atoms with E-state index in [2.05, 4.69) is 34.3 Å². The van der Waals surface area contributed by atoms with E-state index in [0.717, 1.165) is 48.8 Å². The summed E-state index contributed by atoms with van der Waals surface area (Å²) in [6.45, 7) is 6.14. The molecule has 1 aromatic heterocycles. The molecule has 2 aromatic carbocycles. The molecule has 31 heavy (non-hydrogen) atoms. The van der Waals surface area contributed by atoms with Crippen molar-refractivity contribution in [3.63, 3.8) is 0 Å². The maximum Gasteiger partial charge on any atom is 0.227 e. The number of amides is 1. The van der Waals surface area contributed by atoms with Crippen LogP contribution in [0.15, 0.2) is 60.8 Å². The lowest BCUT2D eigenvalue weighted by atomic mass is 9.95. The highest BCUT2D eigenvalue weighted by Gasteiger charge is 2.26. The molecule has 4 rings (SSSR count). The van der Waals surface area contributed by atoms with Gasteiger partial charge in [0, 0.05) is 30.8 Å². The van der Waals surface area contributed by atoms with Crippen molar-refractivity contribution in [2.45, 2.75) is 26.7 Å². The van der Waals surface area contributed by atoms with Crippen LogP contribution < -0.4 is 15.0 Å². The Hall–Kier alpha value is -3.41. The van der Waals surface area contributed by atoms with E-state index < -0.39 is 0 Å². The van der Waals surface area contributed by atoms with Gasteiger partial charge in [0.2, 0.25) is 5.91 Å². The van der Waals surface area contributed by atoms with Crippen LogP contribution in [0, 0.1) is 12.8 Å². The second kappa shape index (κ2) is 9.60. The van der Waals surface area contributed by atoms with E-state index in [0.29, 0.717) is 12.4 Å². The summed E-state index contributed by atoms with van der Waals surface area (Å²) in [6, 6.07) is 17.7. The SMILES string of the molecule is CCOc1ccccc1NC(=O)C1CCN(c2ccnc(-c3ccc(C)cc3)n2)CC1. The molecular weight excluding hydrogens is 388 g/mol. The summed E-state index contributed by atoms with van der Waals surface area (Å²) in [6.07, 6.45) is 3.37. The number of para-hydroxylation sites is 2. The predicted octanol–water partition coefficient (Wildman–Crippen LogP) is 4.71. The zero-order valence-electron chi connectivity index (χ0n) is 18.0. The van der Waals surface area contributed by atoms with Crippen molar-refractivity contribution in [2.24, 2.45) is 5.92 Å². The van der Waals surface area contributed by atoms with Gasteiger partial charge in [-0.25, -0.2) is 9.97 Å². The first-order chi connectivity index (χ1) is 15.1. The fourth-order valence-corrected chi connectivity index (χ4v) is 3.82. The fourth-order valence-electron chi connectivity index (χ4n) is 3.82. The number of benzene rings is 2. The number of carbonyl (C=O) groups is 1. The number of carbonyl (C=O) groups excluding carboxylic acids is 1. The van der Waals surface area contributed by atoms with E-state index in [1.807, 2.05) is 49.4 Å². The number of rotatable bonds is 6. The monoisotopic (exact) mass is 416 g/mol. The Balaban J connectivity index is 1.38. The van der Waals surface area contributed by atoms with Gasteiger partial charge in [0.1, 0.15) is 11.6 Å². The van der Waals surface area contributed by atoms with E-state index in [9.17, 15) is 4.79 Å². The van der Waals surface area contributed by atoms with Gasteiger partial charge in [-0.05, 0) is 44.9 Å². The van der Waals surface area contributed by atoms with Crippen molar-refractivity contribution in [1.29, 1.82) is 0 Å². The smallest absolute Gasteiger partial charge is 0.227 e. The first kappa shape index (κ1) is 20.8. The van der Waals surface area contributed by atoms with Gasteiger partial charge in [-0.3, -0.25) is 4.79 Å². The number of ether oxygens (including phenoxy) is 1. The lowest BCUT2D eigenvalue weighted by Gasteiger charge is -2.32. The zero-order chi connectivity index (χ0) is 21.6. The third kappa shape index (κ3) is 5.02. The molecule has 1 fully saturated rings. The van der Waals surface area contributed by atoms with Crippen molar-refractivity contribution in [2.75, 3.05) is 29.9 Å². The molecule has 6 nitrogen and oxygen atoms in total. The maximum absolute atomic E-state index is 12.8. The molecule has 0 unspecified atom stereocenters. The highest BCUT2D eigenvalue weighted by Crippen LogP contribution is 2.28. The lowest BCUT2D eigenvalue weighted by molar-refractivity contribution is -0.120.